The van der Waals surface area contributed by atoms with E-state index in [2.05, 4.69) is 15.6 Å². The maximum Gasteiger partial charge on any atom is 0.409 e. The van der Waals surface area contributed by atoms with E-state index in [9.17, 15) is 19.3 Å². The van der Waals surface area contributed by atoms with E-state index < -0.39 is 26.8 Å². The summed E-state index contributed by atoms with van der Waals surface area (Å²) in [7, 11) is 0. The van der Waals surface area contributed by atoms with E-state index in [1.165, 1.54) is 16.7 Å². The smallest absolute Gasteiger partial charge is 0.409 e. The molecule has 1 aromatic heterocycles. The molecular weight excluding hydrogens is 475 g/mol. The van der Waals surface area contributed by atoms with Gasteiger partial charge >= 0.3 is 11.9 Å². The first-order chi connectivity index (χ1) is 13.5. The van der Waals surface area contributed by atoms with E-state index >= 15 is 0 Å². The third kappa shape index (κ3) is 6.49. The predicted octanol–water partition coefficient (Wildman–Crippen LogP) is 4.43. The second kappa shape index (κ2) is 9.66. The Kier molecular flexibility index (Phi) is 7.75. The SMILES string of the molecule is Cc1ncc([N+](=O)[O-])n1CCOC(=O)NC(Nc1ccc(F)c(Cl)c1)C(Cl)(Cl)Cl. The molecule has 1 aromatic carbocycles. The molecular formula is C15H14Cl4FN5O4. The maximum absolute atomic E-state index is 13.3. The fourth-order valence-corrected chi connectivity index (χ4v) is 2.73. The van der Waals surface area contributed by atoms with Crippen molar-refractivity contribution in [2.75, 3.05) is 11.9 Å². The predicted molar refractivity (Wildman–Crippen MR) is 107 cm³/mol. The molecule has 0 saturated carbocycles. The molecule has 2 N–H and O–H groups in total. The number of hydrogen-bond donors (Lipinski definition) is 2. The summed E-state index contributed by atoms with van der Waals surface area (Å²) in [4.78, 5) is 26.2. The van der Waals surface area contributed by atoms with Gasteiger partial charge in [-0.15, -0.1) is 0 Å². The van der Waals surface area contributed by atoms with Gasteiger partial charge in [-0.3, -0.25) is 5.32 Å². The lowest BCUT2D eigenvalue weighted by atomic mass is 10.3. The molecule has 1 unspecified atom stereocenters. The van der Waals surface area contributed by atoms with E-state index in [1.54, 1.807) is 6.92 Å². The zero-order valence-corrected chi connectivity index (χ0v) is 17.7. The molecule has 9 nitrogen and oxygen atoms in total. The second-order valence-corrected chi connectivity index (χ2v) is 8.38. The van der Waals surface area contributed by atoms with Gasteiger partial charge in [-0.05, 0) is 23.1 Å². The van der Waals surface area contributed by atoms with E-state index in [1.807, 2.05) is 0 Å². The molecule has 0 aliphatic heterocycles. The molecule has 0 radical (unpaired) electrons. The number of aryl methyl sites for hydroxylation is 1. The lowest BCUT2D eigenvalue weighted by Gasteiger charge is -2.27. The van der Waals surface area contributed by atoms with E-state index in [0.717, 1.165) is 12.3 Å². The van der Waals surface area contributed by atoms with Gasteiger partial charge in [-0.25, -0.2) is 18.7 Å². The molecule has 0 fully saturated rings. The Balaban J connectivity index is 1.97. The third-order valence-electron chi connectivity index (χ3n) is 3.59. The van der Waals surface area contributed by atoms with Crippen LogP contribution in [0, 0.1) is 22.9 Å². The van der Waals surface area contributed by atoms with Crippen molar-refractivity contribution in [3.8, 4) is 0 Å². The van der Waals surface area contributed by atoms with Crippen LogP contribution in [0.5, 0.6) is 0 Å². The number of nitro groups is 1. The molecule has 1 atom stereocenters. The zero-order valence-electron chi connectivity index (χ0n) is 14.7. The number of halogens is 5. The monoisotopic (exact) mass is 487 g/mol. The number of alkyl halides is 3. The summed E-state index contributed by atoms with van der Waals surface area (Å²) in [6.07, 6.45) is -1.11. The maximum atomic E-state index is 13.3. The lowest BCUT2D eigenvalue weighted by Crippen LogP contribution is -2.49. The standard InChI is InChI=1S/C15H14Cl4FN5O4/c1-8-21-7-12(25(27)28)24(8)4-5-29-14(26)23-13(15(17,18)19)22-9-2-3-11(20)10(16)6-9/h2-3,6-7,13,22H,4-5H2,1H3,(H,23,26). The van der Waals surface area contributed by atoms with Crippen LogP contribution >= 0.6 is 46.4 Å². The number of ether oxygens (including phenoxy) is 1. The minimum atomic E-state index is -2.00. The summed E-state index contributed by atoms with van der Waals surface area (Å²) in [5, 5.41) is 15.8. The van der Waals surface area contributed by atoms with Crippen molar-refractivity contribution in [2.24, 2.45) is 0 Å². The van der Waals surface area contributed by atoms with Gasteiger partial charge in [0.25, 0.3) is 0 Å². The summed E-state index contributed by atoms with van der Waals surface area (Å²) >= 11 is 23.3. The van der Waals surface area contributed by atoms with Gasteiger partial charge in [0, 0.05) is 12.6 Å². The van der Waals surface area contributed by atoms with Crippen molar-refractivity contribution in [3.63, 3.8) is 0 Å². The van der Waals surface area contributed by atoms with Crippen LogP contribution in [0.2, 0.25) is 5.02 Å². The zero-order chi connectivity index (χ0) is 21.8. The largest absolute Gasteiger partial charge is 0.445 e. The molecule has 0 bridgehead atoms. The van der Waals surface area contributed by atoms with Crippen molar-refractivity contribution in [3.05, 3.63) is 51.2 Å². The number of imidazole rings is 1. The number of amides is 1. The fourth-order valence-electron chi connectivity index (χ4n) is 2.22. The van der Waals surface area contributed by atoms with Gasteiger partial charge < -0.3 is 20.2 Å². The highest BCUT2D eigenvalue weighted by Crippen LogP contribution is 2.32. The highest BCUT2D eigenvalue weighted by atomic mass is 35.6. The Morgan fingerprint density at radius 3 is 2.72 bits per heavy atom. The van der Waals surface area contributed by atoms with E-state index in [4.69, 9.17) is 51.1 Å². The van der Waals surface area contributed by atoms with E-state index in [0.29, 0.717) is 5.82 Å². The fraction of sp³-hybridized carbons (Fsp3) is 0.333. The number of aromatic nitrogens is 2. The number of nitrogens with zero attached hydrogens (tertiary/aromatic N) is 3. The van der Waals surface area contributed by atoms with E-state index in [-0.39, 0.29) is 29.7 Å². The molecule has 1 amide bonds. The average molecular weight is 489 g/mol. The topological polar surface area (TPSA) is 111 Å². The van der Waals surface area contributed by atoms with Crippen LogP contribution in [0.15, 0.2) is 24.4 Å². The van der Waals surface area contributed by atoms with Crippen molar-refractivity contribution in [1.29, 1.82) is 0 Å². The van der Waals surface area contributed by atoms with Crippen molar-refractivity contribution < 1.29 is 18.8 Å². The number of carbonyl (C=O) groups excluding carboxylic acids is 1. The summed E-state index contributed by atoms with van der Waals surface area (Å²) < 4.78 is 17.5. The molecule has 14 heteroatoms. The summed E-state index contributed by atoms with van der Waals surface area (Å²) in [6.45, 7) is 1.36. The lowest BCUT2D eigenvalue weighted by molar-refractivity contribution is -0.392. The number of anilines is 1. The number of rotatable bonds is 7. The van der Waals surface area contributed by atoms with Crippen LogP contribution in [0.4, 0.5) is 20.7 Å². The summed E-state index contributed by atoms with van der Waals surface area (Å²) in [6, 6.07) is 3.67. The molecule has 2 aromatic rings. The Morgan fingerprint density at radius 1 is 1.45 bits per heavy atom. The molecule has 0 spiro atoms. The average Bonchev–Trinajstić information content (AvgIpc) is 2.98. The normalized spacial score (nSPS) is 12.3. The molecule has 0 saturated heterocycles. The quantitative estimate of drug-likeness (QED) is 0.258. The highest BCUT2D eigenvalue weighted by Gasteiger charge is 2.34. The molecule has 1 heterocycles. The Morgan fingerprint density at radius 2 is 2.14 bits per heavy atom. The molecule has 0 aliphatic rings. The van der Waals surface area contributed by atoms with Gasteiger partial charge in [0.2, 0.25) is 3.79 Å². The Bertz CT molecular complexity index is 905. The minimum Gasteiger partial charge on any atom is -0.445 e. The Hall–Kier alpha value is -2.01. The molecule has 158 valence electrons. The van der Waals surface area contributed by atoms with Crippen LogP contribution in [-0.4, -0.2) is 37.1 Å². The highest BCUT2D eigenvalue weighted by molar-refractivity contribution is 6.68. The first kappa shape index (κ1) is 23.3. The van der Waals surface area contributed by atoms with Gasteiger partial charge in [0.15, 0.2) is 5.82 Å². The van der Waals surface area contributed by atoms with Gasteiger partial charge in [0.1, 0.15) is 31.3 Å². The number of alkyl carbamates (subject to hydrolysis) is 1. The van der Waals surface area contributed by atoms with Crippen molar-refractivity contribution >= 4 is 64.0 Å². The molecule has 2 rings (SSSR count). The van der Waals surface area contributed by atoms with Crippen molar-refractivity contribution in [2.45, 2.75) is 23.4 Å². The summed E-state index contributed by atoms with van der Waals surface area (Å²) in [5.74, 6) is -0.492. The van der Waals surface area contributed by atoms with Gasteiger partial charge in [0.05, 0.1) is 5.02 Å². The molecule has 29 heavy (non-hydrogen) atoms. The number of carbonyl (C=O) groups is 1. The van der Waals surface area contributed by atoms with Crippen LogP contribution in [0.25, 0.3) is 0 Å². The second-order valence-electron chi connectivity index (χ2n) is 5.60. The number of hydrogen-bond acceptors (Lipinski definition) is 6. The van der Waals surface area contributed by atoms with Crippen LogP contribution in [-0.2, 0) is 11.3 Å². The van der Waals surface area contributed by atoms with Crippen LogP contribution < -0.4 is 10.6 Å². The molecule has 0 aliphatic carbocycles. The third-order valence-corrected chi connectivity index (χ3v) is 4.53. The number of nitrogens with one attached hydrogen (secondary N) is 2. The Labute approximate surface area is 184 Å². The van der Waals surface area contributed by atoms with Crippen LogP contribution in [0.3, 0.4) is 0 Å². The van der Waals surface area contributed by atoms with Gasteiger partial charge in [-0.1, -0.05) is 46.4 Å². The first-order valence-electron chi connectivity index (χ1n) is 7.87. The number of benzene rings is 1. The summed E-state index contributed by atoms with van der Waals surface area (Å²) in [5.41, 5.74) is 0.276. The first-order valence-corrected chi connectivity index (χ1v) is 9.38. The van der Waals surface area contributed by atoms with Crippen molar-refractivity contribution in [1.82, 2.24) is 14.9 Å². The van der Waals surface area contributed by atoms with Gasteiger partial charge in [-0.2, -0.15) is 0 Å². The van der Waals surface area contributed by atoms with Crippen LogP contribution in [0.1, 0.15) is 5.82 Å². The minimum absolute atomic E-state index is 0.00496.